The molecular formula is C12H10N2O5S. The van der Waals surface area contributed by atoms with Gasteiger partial charge in [-0.25, -0.2) is 13.2 Å². The van der Waals surface area contributed by atoms with Crippen molar-refractivity contribution in [2.75, 3.05) is 4.72 Å². The third-order valence-corrected chi connectivity index (χ3v) is 3.82. The molecule has 1 heterocycles. The normalized spacial score (nSPS) is 11.0. The lowest BCUT2D eigenvalue weighted by Crippen LogP contribution is -2.13. The van der Waals surface area contributed by atoms with Crippen LogP contribution in [-0.2, 0) is 10.0 Å². The quantitative estimate of drug-likeness (QED) is 0.782. The van der Waals surface area contributed by atoms with Gasteiger partial charge in [0.25, 0.3) is 10.0 Å². The molecule has 0 atom stereocenters. The zero-order chi connectivity index (χ0) is 14.8. The van der Waals surface area contributed by atoms with E-state index in [0.717, 1.165) is 18.2 Å². The van der Waals surface area contributed by atoms with Gasteiger partial charge in [-0.3, -0.25) is 9.71 Å². The summed E-state index contributed by atoms with van der Waals surface area (Å²) in [6.45, 7) is 0. The van der Waals surface area contributed by atoms with Crippen LogP contribution >= 0.6 is 0 Å². The maximum absolute atomic E-state index is 12.1. The fraction of sp³-hybridized carbons (Fsp3) is 0. The van der Waals surface area contributed by atoms with Crippen molar-refractivity contribution in [1.29, 1.82) is 0 Å². The van der Waals surface area contributed by atoms with E-state index in [1.807, 2.05) is 0 Å². The number of aromatic hydroxyl groups is 1. The molecule has 20 heavy (non-hydrogen) atoms. The molecule has 1 aromatic heterocycles. The van der Waals surface area contributed by atoms with Crippen molar-refractivity contribution in [2.45, 2.75) is 4.90 Å². The highest BCUT2D eigenvalue weighted by Crippen LogP contribution is 2.22. The first-order chi connectivity index (χ1) is 9.40. The first-order valence-electron chi connectivity index (χ1n) is 5.39. The van der Waals surface area contributed by atoms with Gasteiger partial charge in [-0.1, -0.05) is 0 Å². The second-order valence-corrected chi connectivity index (χ2v) is 5.51. The van der Waals surface area contributed by atoms with E-state index in [9.17, 15) is 18.3 Å². The summed E-state index contributed by atoms with van der Waals surface area (Å²) in [4.78, 5) is 14.4. The highest BCUT2D eigenvalue weighted by molar-refractivity contribution is 7.92. The second kappa shape index (κ2) is 5.17. The Hall–Kier alpha value is -2.61. The van der Waals surface area contributed by atoms with Gasteiger partial charge in [-0.05, 0) is 30.3 Å². The number of hydrogen-bond donors (Lipinski definition) is 3. The molecule has 0 spiro atoms. The first kappa shape index (κ1) is 13.8. The van der Waals surface area contributed by atoms with Crippen LogP contribution in [0.15, 0.2) is 47.6 Å². The van der Waals surface area contributed by atoms with E-state index < -0.39 is 27.3 Å². The van der Waals surface area contributed by atoms with E-state index >= 15 is 0 Å². The number of hydrogen-bond acceptors (Lipinski definition) is 5. The van der Waals surface area contributed by atoms with Crippen molar-refractivity contribution in [3.63, 3.8) is 0 Å². The number of pyridine rings is 1. The van der Waals surface area contributed by atoms with E-state index in [0.29, 0.717) is 5.69 Å². The first-order valence-corrected chi connectivity index (χ1v) is 6.87. The van der Waals surface area contributed by atoms with Crippen LogP contribution < -0.4 is 4.72 Å². The van der Waals surface area contributed by atoms with Crippen molar-refractivity contribution in [3.05, 3.63) is 48.3 Å². The van der Waals surface area contributed by atoms with E-state index in [2.05, 4.69) is 9.71 Å². The molecule has 0 saturated heterocycles. The summed E-state index contributed by atoms with van der Waals surface area (Å²) in [6.07, 6.45) is 2.83. The molecule has 0 saturated carbocycles. The SMILES string of the molecule is O=C(O)c1cc(S(=O)(=O)Nc2ccncc2)ccc1O. The molecule has 0 aliphatic heterocycles. The van der Waals surface area contributed by atoms with Crippen LogP contribution in [0.25, 0.3) is 0 Å². The number of carboxylic acid groups (broad SMARTS) is 1. The van der Waals surface area contributed by atoms with Crippen molar-refractivity contribution >= 4 is 21.7 Å². The molecule has 3 N–H and O–H groups in total. The van der Waals surface area contributed by atoms with Gasteiger partial charge in [-0.15, -0.1) is 0 Å². The molecule has 0 aliphatic carbocycles. The lowest BCUT2D eigenvalue weighted by molar-refractivity contribution is 0.0693. The summed E-state index contributed by atoms with van der Waals surface area (Å²) in [5.74, 6) is -1.91. The number of nitrogens with one attached hydrogen (secondary N) is 1. The summed E-state index contributed by atoms with van der Waals surface area (Å²) in [5, 5.41) is 18.2. The number of benzene rings is 1. The van der Waals surface area contributed by atoms with Gasteiger partial charge in [0.15, 0.2) is 0 Å². The smallest absolute Gasteiger partial charge is 0.339 e. The van der Waals surface area contributed by atoms with E-state index in [1.165, 1.54) is 24.5 Å². The maximum atomic E-state index is 12.1. The minimum absolute atomic E-state index is 0.260. The van der Waals surface area contributed by atoms with Crippen molar-refractivity contribution < 1.29 is 23.4 Å². The Morgan fingerprint density at radius 3 is 2.40 bits per heavy atom. The van der Waals surface area contributed by atoms with Gasteiger partial charge in [0.2, 0.25) is 0 Å². The molecule has 2 rings (SSSR count). The molecule has 0 radical (unpaired) electrons. The molecule has 0 amide bonds. The van der Waals surface area contributed by atoms with Crippen LogP contribution in [0.1, 0.15) is 10.4 Å². The van der Waals surface area contributed by atoms with Gasteiger partial charge >= 0.3 is 5.97 Å². The standard InChI is InChI=1S/C12H10N2O5S/c15-11-2-1-9(7-10(11)12(16)17)20(18,19)14-8-3-5-13-6-4-8/h1-7,15H,(H,13,14)(H,16,17). The zero-order valence-corrected chi connectivity index (χ0v) is 10.8. The van der Waals surface area contributed by atoms with Gasteiger partial charge in [0, 0.05) is 12.4 Å². The predicted molar refractivity (Wildman–Crippen MR) is 70.1 cm³/mol. The Kier molecular flexibility index (Phi) is 3.57. The number of phenols is 1. The van der Waals surface area contributed by atoms with Crippen LogP contribution in [0.5, 0.6) is 5.75 Å². The minimum Gasteiger partial charge on any atom is -0.507 e. The monoisotopic (exact) mass is 294 g/mol. The highest BCUT2D eigenvalue weighted by atomic mass is 32.2. The molecule has 1 aromatic carbocycles. The zero-order valence-electron chi connectivity index (χ0n) is 10.0. The maximum Gasteiger partial charge on any atom is 0.339 e. The van der Waals surface area contributed by atoms with Gasteiger partial charge < -0.3 is 10.2 Å². The third-order valence-electron chi connectivity index (χ3n) is 2.44. The lowest BCUT2D eigenvalue weighted by atomic mass is 10.2. The van der Waals surface area contributed by atoms with Crippen molar-refractivity contribution in [1.82, 2.24) is 4.98 Å². The Morgan fingerprint density at radius 2 is 1.80 bits per heavy atom. The number of carboxylic acids is 1. The number of rotatable bonds is 4. The summed E-state index contributed by atoms with van der Waals surface area (Å²) in [6, 6.07) is 5.93. The van der Waals surface area contributed by atoms with Gasteiger partial charge in [0.1, 0.15) is 11.3 Å². The Bertz CT molecular complexity index is 744. The number of anilines is 1. The molecule has 104 valence electrons. The molecular weight excluding hydrogens is 284 g/mol. The number of nitrogens with zero attached hydrogens (tertiary/aromatic N) is 1. The van der Waals surface area contributed by atoms with Gasteiger partial charge in [0.05, 0.1) is 10.6 Å². The van der Waals surface area contributed by atoms with Crippen molar-refractivity contribution in [2.24, 2.45) is 0 Å². The van der Waals surface area contributed by atoms with Crippen LogP contribution in [0, 0.1) is 0 Å². The van der Waals surface area contributed by atoms with Crippen LogP contribution in [-0.4, -0.2) is 29.6 Å². The Morgan fingerprint density at radius 1 is 1.15 bits per heavy atom. The lowest BCUT2D eigenvalue weighted by Gasteiger charge is -2.09. The number of carbonyl (C=O) groups is 1. The molecule has 0 aliphatic rings. The third kappa shape index (κ3) is 2.86. The molecule has 2 aromatic rings. The highest BCUT2D eigenvalue weighted by Gasteiger charge is 2.18. The molecule has 8 heteroatoms. The molecule has 0 fully saturated rings. The van der Waals surface area contributed by atoms with E-state index in [4.69, 9.17) is 5.11 Å². The molecule has 0 unspecified atom stereocenters. The number of aromatic carboxylic acids is 1. The number of sulfonamides is 1. The second-order valence-electron chi connectivity index (χ2n) is 3.83. The Labute approximate surface area is 114 Å². The average Bonchev–Trinajstić information content (AvgIpc) is 2.39. The average molecular weight is 294 g/mol. The summed E-state index contributed by atoms with van der Waals surface area (Å²) in [5.41, 5.74) is -0.187. The van der Waals surface area contributed by atoms with E-state index in [1.54, 1.807) is 0 Å². The van der Waals surface area contributed by atoms with Gasteiger partial charge in [-0.2, -0.15) is 0 Å². The fourth-order valence-electron chi connectivity index (χ4n) is 1.49. The predicted octanol–water partition coefficient (Wildman–Crippen LogP) is 1.29. The topological polar surface area (TPSA) is 117 Å². The van der Waals surface area contributed by atoms with E-state index in [-0.39, 0.29) is 4.90 Å². The fourth-order valence-corrected chi connectivity index (χ4v) is 2.57. The summed E-state index contributed by atoms with van der Waals surface area (Å²) < 4.78 is 26.4. The number of aromatic nitrogens is 1. The van der Waals surface area contributed by atoms with Crippen LogP contribution in [0.3, 0.4) is 0 Å². The molecule has 7 nitrogen and oxygen atoms in total. The molecule has 0 bridgehead atoms. The minimum atomic E-state index is -3.94. The largest absolute Gasteiger partial charge is 0.507 e. The Balaban J connectivity index is 2.40. The van der Waals surface area contributed by atoms with Crippen LogP contribution in [0.2, 0.25) is 0 Å². The summed E-state index contributed by atoms with van der Waals surface area (Å²) >= 11 is 0. The summed E-state index contributed by atoms with van der Waals surface area (Å²) in [7, 11) is -3.94. The van der Waals surface area contributed by atoms with Crippen LogP contribution in [0.4, 0.5) is 5.69 Å². The van der Waals surface area contributed by atoms with Crippen molar-refractivity contribution in [3.8, 4) is 5.75 Å².